The van der Waals surface area contributed by atoms with Crippen LogP contribution in [-0.2, 0) is 11.3 Å². The number of piperazine rings is 1. The molecule has 5 heterocycles. The van der Waals surface area contributed by atoms with E-state index in [4.69, 9.17) is 14.7 Å². The maximum Gasteiger partial charge on any atom is 0.162 e. The first-order chi connectivity index (χ1) is 17.1. The summed E-state index contributed by atoms with van der Waals surface area (Å²) in [7, 11) is 0. The van der Waals surface area contributed by atoms with Crippen molar-refractivity contribution >= 4 is 38.3 Å². The molecule has 1 unspecified atom stereocenters. The summed E-state index contributed by atoms with van der Waals surface area (Å²) in [5.74, 6) is 1.80. The largest absolute Gasteiger partial charge is 0.392 e. The summed E-state index contributed by atoms with van der Waals surface area (Å²) in [5.41, 5.74) is 3.18. The van der Waals surface area contributed by atoms with E-state index in [-0.39, 0.29) is 6.10 Å². The predicted molar refractivity (Wildman–Crippen MR) is 141 cm³/mol. The minimum Gasteiger partial charge on any atom is -0.392 e. The van der Waals surface area contributed by atoms with Crippen LogP contribution in [0.25, 0.3) is 32.5 Å². The van der Waals surface area contributed by atoms with E-state index in [1.165, 1.54) is 9.58 Å². The average molecular weight is 493 g/mol. The number of anilines is 1. The Morgan fingerprint density at radius 3 is 2.66 bits per heavy atom. The summed E-state index contributed by atoms with van der Waals surface area (Å²) in [6, 6.07) is 10.6. The van der Waals surface area contributed by atoms with Crippen molar-refractivity contribution in [2.24, 2.45) is 0 Å². The summed E-state index contributed by atoms with van der Waals surface area (Å²) < 4.78 is 6.79. The molecule has 0 spiro atoms. The van der Waals surface area contributed by atoms with E-state index in [2.05, 4.69) is 50.0 Å². The number of morpholine rings is 1. The lowest BCUT2D eigenvalue weighted by molar-refractivity contribution is 0.0785. The number of hydrogen-bond donors (Lipinski definition) is 2. The summed E-state index contributed by atoms with van der Waals surface area (Å²) in [6.45, 7) is 10.7. The SMILES string of the molecule is CC(O)CN1CCN(Cc2cc3nc(-c4cccc5[nH]ccc45)nc(N4CCOCC4)c3s2)CC1. The molecule has 2 fully saturated rings. The molecule has 8 nitrogen and oxygen atoms in total. The van der Waals surface area contributed by atoms with Crippen LogP contribution in [0.2, 0.25) is 0 Å². The third-order valence-electron chi connectivity index (χ3n) is 6.92. The van der Waals surface area contributed by atoms with Crippen LogP contribution in [0, 0.1) is 0 Å². The van der Waals surface area contributed by atoms with Gasteiger partial charge in [0.25, 0.3) is 0 Å². The third kappa shape index (κ3) is 4.79. The number of thiophene rings is 1. The molecule has 0 aliphatic carbocycles. The Balaban J connectivity index is 1.33. The molecule has 1 atom stereocenters. The first-order valence-electron chi connectivity index (χ1n) is 12.5. The molecule has 6 rings (SSSR count). The molecule has 2 N–H and O–H groups in total. The van der Waals surface area contributed by atoms with Crippen molar-refractivity contribution in [2.45, 2.75) is 19.6 Å². The Morgan fingerprint density at radius 1 is 1.06 bits per heavy atom. The van der Waals surface area contributed by atoms with Crippen LogP contribution < -0.4 is 4.90 Å². The van der Waals surface area contributed by atoms with Crippen molar-refractivity contribution < 1.29 is 9.84 Å². The lowest BCUT2D eigenvalue weighted by Crippen LogP contribution is -2.47. The molecule has 0 bridgehead atoms. The van der Waals surface area contributed by atoms with E-state index in [0.717, 1.165) is 99.2 Å². The molecular formula is C26H32N6O2S. The number of fused-ring (bicyclic) bond motifs is 2. The van der Waals surface area contributed by atoms with Crippen LogP contribution in [-0.4, -0.2) is 95.0 Å². The Bertz CT molecular complexity index is 1300. The van der Waals surface area contributed by atoms with Gasteiger partial charge in [-0.25, -0.2) is 9.97 Å². The molecule has 0 radical (unpaired) electrons. The zero-order chi connectivity index (χ0) is 23.8. The highest BCUT2D eigenvalue weighted by Gasteiger charge is 2.23. The van der Waals surface area contributed by atoms with E-state index < -0.39 is 0 Å². The maximum atomic E-state index is 9.69. The molecule has 2 saturated heterocycles. The summed E-state index contributed by atoms with van der Waals surface area (Å²) in [4.78, 5) is 22.0. The van der Waals surface area contributed by atoms with Crippen LogP contribution in [0.4, 0.5) is 5.82 Å². The van der Waals surface area contributed by atoms with Crippen molar-refractivity contribution in [3.05, 3.63) is 41.4 Å². The number of aromatic amines is 1. The quantitative estimate of drug-likeness (QED) is 0.428. The monoisotopic (exact) mass is 492 g/mol. The predicted octanol–water partition coefficient (Wildman–Crippen LogP) is 3.17. The lowest BCUT2D eigenvalue weighted by atomic mass is 10.1. The molecule has 1 aromatic carbocycles. The summed E-state index contributed by atoms with van der Waals surface area (Å²) in [6.07, 6.45) is 1.70. The molecule has 2 aliphatic rings. The fourth-order valence-corrected chi connectivity index (χ4v) is 6.31. The average Bonchev–Trinajstić information content (AvgIpc) is 3.51. The van der Waals surface area contributed by atoms with Gasteiger partial charge in [0.15, 0.2) is 11.6 Å². The molecule has 35 heavy (non-hydrogen) atoms. The van der Waals surface area contributed by atoms with Gasteiger partial charge < -0.3 is 19.7 Å². The number of aliphatic hydroxyl groups excluding tert-OH is 1. The van der Waals surface area contributed by atoms with E-state index in [1.807, 2.05) is 24.5 Å². The number of aromatic nitrogens is 3. The molecule has 2 aliphatic heterocycles. The topological polar surface area (TPSA) is 80.8 Å². The zero-order valence-corrected chi connectivity index (χ0v) is 20.9. The van der Waals surface area contributed by atoms with Crippen LogP contribution in [0.3, 0.4) is 0 Å². The molecular weight excluding hydrogens is 460 g/mol. The van der Waals surface area contributed by atoms with Crippen molar-refractivity contribution in [3.63, 3.8) is 0 Å². The number of H-pyrrole nitrogens is 1. The fraction of sp³-hybridized carbons (Fsp3) is 0.462. The highest BCUT2D eigenvalue weighted by molar-refractivity contribution is 7.19. The van der Waals surface area contributed by atoms with Gasteiger partial charge in [-0.1, -0.05) is 12.1 Å². The number of nitrogens with zero attached hydrogens (tertiary/aromatic N) is 5. The Morgan fingerprint density at radius 2 is 1.86 bits per heavy atom. The second kappa shape index (κ2) is 9.83. The highest BCUT2D eigenvalue weighted by Crippen LogP contribution is 2.36. The van der Waals surface area contributed by atoms with Gasteiger partial charge in [0.1, 0.15) is 0 Å². The zero-order valence-electron chi connectivity index (χ0n) is 20.1. The summed E-state index contributed by atoms with van der Waals surface area (Å²) >= 11 is 1.82. The smallest absolute Gasteiger partial charge is 0.162 e. The number of nitrogens with one attached hydrogen (secondary N) is 1. The number of benzene rings is 1. The summed E-state index contributed by atoms with van der Waals surface area (Å²) in [5, 5.41) is 10.8. The minimum atomic E-state index is -0.271. The number of ether oxygens (including phenoxy) is 1. The lowest BCUT2D eigenvalue weighted by Gasteiger charge is -2.34. The normalized spacial score (nSPS) is 19.1. The van der Waals surface area contributed by atoms with Crippen molar-refractivity contribution in [1.82, 2.24) is 24.8 Å². The second-order valence-corrected chi connectivity index (χ2v) is 10.7. The minimum absolute atomic E-state index is 0.271. The number of aliphatic hydroxyl groups is 1. The van der Waals surface area contributed by atoms with E-state index in [1.54, 1.807) is 0 Å². The van der Waals surface area contributed by atoms with Gasteiger partial charge in [0.05, 0.1) is 29.5 Å². The number of hydrogen-bond acceptors (Lipinski definition) is 8. The van der Waals surface area contributed by atoms with Crippen LogP contribution >= 0.6 is 11.3 Å². The third-order valence-corrected chi connectivity index (χ3v) is 8.02. The Labute approximate surface area is 209 Å². The van der Waals surface area contributed by atoms with Gasteiger partial charge in [-0.3, -0.25) is 9.80 Å². The highest BCUT2D eigenvalue weighted by atomic mass is 32.1. The van der Waals surface area contributed by atoms with Crippen molar-refractivity contribution in [2.75, 3.05) is 63.9 Å². The van der Waals surface area contributed by atoms with Gasteiger partial charge in [0, 0.05) is 79.9 Å². The number of β-amino-alcohol motifs (C(OH)–C–C–N with tert-alkyl or cyclic N) is 1. The first kappa shape index (κ1) is 22.9. The van der Waals surface area contributed by atoms with E-state index in [0.29, 0.717) is 0 Å². The van der Waals surface area contributed by atoms with Crippen molar-refractivity contribution in [3.8, 4) is 11.4 Å². The van der Waals surface area contributed by atoms with Crippen molar-refractivity contribution in [1.29, 1.82) is 0 Å². The first-order valence-corrected chi connectivity index (χ1v) is 13.3. The molecule has 0 saturated carbocycles. The molecule has 4 aromatic rings. The van der Waals surface area contributed by atoms with Crippen LogP contribution in [0.15, 0.2) is 36.5 Å². The van der Waals surface area contributed by atoms with Gasteiger partial charge in [0.2, 0.25) is 0 Å². The molecule has 3 aromatic heterocycles. The van der Waals surface area contributed by atoms with Crippen LogP contribution in [0.5, 0.6) is 0 Å². The standard InChI is InChI=1S/C26H32N6O2S/c1-18(33)16-30-7-9-31(10-8-30)17-19-15-23-24(35-19)26(32-11-13-34-14-12-32)29-25(28-23)21-3-2-4-22-20(21)5-6-27-22/h2-6,15,18,27,33H,7-14,16-17H2,1H3. The van der Waals surface area contributed by atoms with Gasteiger partial charge in [-0.2, -0.15) is 0 Å². The Kier molecular flexibility index (Phi) is 6.42. The Hall–Kier alpha value is -2.56. The maximum absolute atomic E-state index is 9.69. The van der Waals surface area contributed by atoms with E-state index >= 15 is 0 Å². The van der Waals surface area contributed by atoms with E-state index in [9.17, 15) is 5.11 Å². The molecule has 9 heteroatoms. The van der Waals surface area contributed by atoms with Crippen LogP contribution in [0.1, 0.15) is 11.8 Å². The number of rotatable bonds is 6. The second-order valence-electron chi connectivity index (χ2n) is 9.57. The molecule has 184 valence electrons. The van der Waals surface area contributed by atoms with Gasteiger partial charge >= 0.3 is 0 Å². The van der Waals surface area contributed by atoms with Gasteiger partial charge in [-0.05, 0) is 25.1 Å². The fourth-order valence-electron chi connectivity index (χ4n) is 5.16. The molecule has 0 amide bonds. The van der Waals surface area contributed by atoms with Gasteiger partial charge in [-0.15, -0.1) is 11.3 Å².